The summed E-state index contributed by atoms with van der Waals surface area (Å²) in [7, 11) is 4.64. The molecule has 1 saturated heterocycles. The predicted octanol–water partition coefficient (Wildman–Crippen LogP) is 1.92. The molecule has 1 aromatic rings. The number of alkyl halides is 3. The molecule has 1 aliphatic heterocycles. The Kier molecular flexibility index (Phi) is 10.3. The normalized spacial score (nSPS) is 15.4. The standard InChI is InChI=1S/C21H32F3N3O5/c1-29-17-12-19(31-3)18(30-2)11-16(17)13-25-20(28)14-27-8-6-26(7-9-27)5-4-10-32-15-21(22,23)24/h11-12H,4-10,13-15H2,1-3H3,(H,25,28). The number of nitrogens with zero attached hydrogens (tertiary/aromatic N) is 2. The summed E-state index contributed by atoms with van der Waals surface area (Å²) < 4.78 is 56.7. The van der Waals surface area contributed by atoms with Gasteiger partial charge in [0.2, 0.25) is 5.91 Å². The molecule has 8 nitrogen and oxygen atoms in total. The number of halogens is 3. The quantitative estimate of drug-likeness (QED) is 0.475. The fourth-order valence-corrected chi connectivity index (χ4v) is 3.43. The van der Waals surface area contributed by atoms with Gasteiger partial charge in [-0.15, -0.1) is 0 Å². The third-order valence-corrected chi connectivity index (χ3v) is 5.12. The number of rotatable bonds is 12. The average Bonchev–Trinajstić information content (AvgIpc) is 2.77. The lowest BCUT2D eigenvalue weighted by molar-refractivity contribution is -0.174. The predicted molar refractivity (Wildman–Crippen MR) is 112 cm³/mol. The number of ether oxygens (including phenoxy) is 4. The highest BCUT2D eigenvalue weighted by Gasteiger charge is 2.27. The van der Waals surface area contributed by atoms with Gasteiger partial charge in [0.15, 0.2) is 11.5 Å². The minimum Gasteiger partial charge on any atom is -0.496 e. The Labute approximate surface area is 186 Å². The highest BCUT2D eigenvalue weighted by atomic mass is 19.4. The first-order chi connectivity index (χ1) is 15.3. The topological polar surface area (TPSA) is 72.5 Å². The first-order valence-electron chi connectivity index (χ1n) is 10.4. The van der Waals surface area contributed by atoms with E-state index in [-0.39, 0.29) is 19.1 Å². The van der Waals surface area contributed by atoms with E-state index >= 15 is 0 Å². The lowest BCUT2D eigenvalue weighted by atomic mass is 10.1. The second-order valence-corrected chi connectivity index (χ2v) is 7.43. The Balaban J connectivity index is 1.70. The molecule has 0 radical (unpaired) electrons. The number of carbonyl (C=O) groups excluding carboxylic acids is 1. The van der Waals surface area contributed by atoms with Gasteiger partial charge in [-0.2, -0.15) is 13.2 Å². The fourth-order valence-electron chi connectivity index (χ4n) is 3.43. The molecular formula is C21H32F3N3O5. The molecule has 1 aromatic carbocycles. The number of hydrogen-bond donors (Lipinski definition) is 1. The number of hydrogen-bond acceptors (Lipinski definition) is 7. The zero-order chi connectivity index (χ0) is 23.6. The summed E-state index contributed by atoms with van der Waals surface area (Å²) in [5.74, 6) is 1.59. The second-order valence-electron chi connectivity index (χ2n) is 7.43. The molecule has 0 spiro atoms. The second kappa shape index (κ2) is 12.7. The van der Waals surface area contributed by atoms with Crippen molar-refractivity contribution in [3.05, 3.63) is 17.7 Å². The van der Waals surface area contributed by atoms with Crippen LogP contribution in [0.4, 0.5) is 13.2 Å². The zero-order valence-corrected chi connectivity index (χ0v) is 18.8. The zero-order valence-electron chi connectivity index (χ0n) is 18.8. The summed E-state index contributed by atoms with van der Waals surface area (Å²) in [6.45, 7) is 3.08. The van der Waals surface area contributed by atoms with Crippen molar-refractivity contribution in [3.63, 3.8) is 0 Å². The van der Waals surface area contributed by atoms with Gasteiger partial charge in [0.25, 0.3) is 0 Å². The molecule has 0 bridgehead atoms. The van der Waals surface area contributed by atoms with E-state index in [9.17, 15) is 18.0 Å². The molecule has 1 N–H and O–H groups in total. The first kappa shape index (κ1) is 26.0. The third kappa shape index (κ3) is 8.71. The highest BCUT2D eigenvalue weighted by Crippen LogP contribution is 2.34. The summed E-state index contributed by atoms with van der Waals surface area (Å²) in [5, 5.41) is 2.90. The van der Waals surface area contributed by atoms with Crippen LogP contribution in [-0.4, -0.2) is 95.7 Å². The van der Waals surface area contributed by atoms with E-state index < -0.39 is 12.8 Å². The molecule has 1 amide bonds. The maximum Gasteiger partial charge on any atom is 0.411 e. The van der Waals surface area contributed by atoms with E-state index in [4.69, 9.17) is 14.2 Å². The van der Waals surface area contributed by atoms with E-state index in [0.717, 1.165) is 31.7 Å². The van der Waals surface area contributed by atoms with Crippen LogP contribution in [0.25, 0.3) is 0 Å². The molecule has 11 heteroatoms. The van der Waals surface area contributed by atoms with Gasteiger partial charge < -0.3 is 29.2 Å². The first-order valence-corrected chi connectivity index (χ1v) is 10.4. The smallest absolute Gasteiger partial charge is 0.411 e. The van der Waals surface area contributed by atoms with Crippen LogP contribution in [0.1, 0.15) is 12.0 Å². The molecular weight excluding hydrogens is 431 g/mol. The Hall–Kier alpha value is -2.24. The Morgan fingerprint density at radius 2 is 1.56 bits per heavy atom. The minimum atomic E-state index is -4.28. The van der Waals surface area contributed by atoms with Gasteiger partial charge in [-0.1, -0.05) is 0 Å². The lowest BCUT2D eigenvalue weighted by Gasteiger charge is -2.34. The largest absolute Gasteiger partial charge is 0.496 e. The van der Waals surface area contributed by atoms with Crippen LogP contribution in [0.2, 0.25) is 0 Å². The average molecular weight is 463 g/mol. The third-order valence-electron chi connectivity index (χ3n) is 5.12. The van der Waals surface area contributed by atoms with Crippen molar-refractivity contribution in [2.75, 3.05) is 73.8 Å². The molecule has 1 heterocycles. The number of piperazine rings is 1. The van der Waals surface area contributed by atoms with Crippen LogP contribution in [0.3, 0.4) is 0 Å². The monoisotopic (exact) mass is 463 g/mol. The van der Waals surface area contributed by atoms with Crippen molar-refractivity contribution < 1.29 is 36.9 Å². The lowest BCUT2D eigenvalue weighted by Crippen LogP contribution is -2.49. The minimum absolute atomic E-state index is 0.0851. The van der Waals surface area contributed by atoms with Gasteiger partial charge in [0.05, 0.1) is 27.9 Å². The SMILES string of the molecule is COc1cc(OC)c(OC)cc1CNC(=O)CN1CCN(CCCOCC(F)(F)F)CC1. The van der Waals surface area contributed by atoms with Crippen LogP contribution < -0.4 is 19.5 Å². The molecule has 0 saturated carbocycles. The van der Waals surface area contributed by atoms with Crippen molar-refractivity contribution in [2.45, 2.75) is 19.1 Å². The fraction of sp³-hybridized carbons (Fsp3) is 0.667. The molecule has 0 unspecified atom stereocenters. The maximum absolute atomic E-state index is 12.4. The summed E-state index contributed by atoms with van der Waals surface area (Å²) in [6, 6.07) is 3.49. The summed E-state index contributed by atoms with van der Waals surface area (Å²) in [5.41, 5.74) is 0.774. The Morgan fingerprint density at radius 1 is 0.969 bits per heavy atom. The van der Waals surface area contributed by atoms with Gasteiger partial charge in [-0.25, -0.2) is 0 Å². The molecule has 0 aromatic heterocycles. The van der Waals surface area contributed by atoms with Gasteiger partial charge in [0.1, 0.15) is 12.4 Å². The van der Waals surface area contributed by atoms with Crippen molar-refractivity contribution in [1.29, 1.82) is 0 Å². The summed E-state index contributed by atoms with van der Waals surface area (Å²) >= 11 is 0. The number of carbonyl (C=O) groups is 1. The van der Waals surface area contributed by atoms with Crippen molar-refractivity contribution in [1.82, 2.24) is 15.1 Å². The number of amides is 1. The molecule has 182 valence electrons. The highest BCUT2D eigenvalue weighted by molar-refractivity contribution is 5.78. The number of benzene rings is 1. The van der Waals surface area contributed by atoms with E-state index in [0.29, 0.717) is 36.8 Å². The Morgan fingerprint density at radius 3 is 2.16 bits per heavy atom. The molecule has 32 heavy (non-hydrogen) atoms. The molecule has 2 rings (SSSR count). The van der Waals surface area contributed by atoms with Crippen LogP contribution in [0.15, 0.2) is 12.1 Å². The van der Waals surface area contributed by atoms with Crippen molar-refractivity contribution in [2.24, 2.45) is 0 Å². The van der Waals surface area contributed by atoms with Crippen LogP contribution in [0.5, 0.6) is 17.2 Å². The molecule has 1 fully saturated rings. The summed E-state index contributed by atoms with van der Waals surface area (Å²) in [4.78, 5) is 16.6. The molecule has 1 aliphatic rings. The van der Waals surface area contributed by atoms with Crippen molar-refractivity contribution >= 4 is 5.91 Å². The van der Waals surface area contributed by atoms with E-state index in [1.54, 1.807) is 33.5 Å². The van der Waals surface area contributed by atoms with Gasteiger partial charge in [0, 0.05) is 57.5 Å². The van der Waals surface area contributed by atoms with Gasteiger partial charge in [-0.05, 0) is 12.5 Å². The van der Waals surface area contributed by atoms with Crippen molar-refractivity contribution in [3.8, 4) is 17.2 Å². The van der Waals surface area contributed by atoms with Gasteiger partial charge >= 0.3 is 6.18 Å². The number of nitrogens with one attached hydrogen (secondary N) is 1. The van der Waals surface area contributed by atoms with Gasteiger partial charge in [-0.3, -0.25) is 9.69 Å². The summed E-state index contributed by atoms with van der Waals surface area (Å²) in [6.07, 6.45) is -3.74. The van der Waals surface area contributed by atoms with E-state index in [2.05, 4.69) is 19.9 Å². The van der Waals surface area contributed by atoms with E-state index in [1.165, 1.54) is 0 Å². The Bertz CT molecular complexity index is 725. The molecule has 0 atom stereocenters. The molecule has 0 aliphatic carbocycles. The van der Waals surface area contributed by atoms with E-state index in [1.807, 2.05) is 0 Å². The van der Waals surface area contributed by atoms with Crippen LogP contribution in [0, 0.1) is 0 Å². The van der Waals surface area contributed by atoms with Crippen LogP contribution >= 0.6 is 0 Å². The number of methoxy groups -OCH3 is 3. The maximum atomic E-state index is 12.4. The van der Waals surface area contributed by atoms with Crippen LogP contribution in [-0.2, 0) is 16.1 Å².